The number of carbonyl (C=O) groups is 1. The van der Waals surface area contributed by atoms with Gasteiger partial charge in [0.05, 0.1) is 6.61 Å². The van der Waals surface area contributed by atoms with Crippen LogP contribution >= 0.6 is 0 Å². The van der Waals surface area contributed by atoms with Crippen LogP contribution in [0.5, 0.6) is 0 Å². The van der Waals surface area contributed by atoms with E-state index in [9.17, 15) is 9.90 Å². The molecule has 1 rings (SSSR count). The summed E-state index contributed by atoms with van der Waals surface area (Å²) in [7, 11) is 0. The maximum absolute atomic E-state index is 12.4. The minimum absolute atomic E-state index is 0.259. The Morgan fingerprint density at radius 1 is 1.23 bits per heavy atom. The van der Waals surface area contributed by atoms with Gasteiger partial charge in [-0.3, -0.25) is 0 Å². The topological polar surface area (TPSA) is 49.8 Å². The van der Waals surface area contributed by atoms with Crippen molar-refractivity contribution in [2.45, 2.75) is 39.7 Å². The number of ether oxygens (including phenoxy) is 1. The Morgan fingerprint density at radius 3 is 2.32 bits per heavy atom. The average Bonchev–Trinajstić information content (AvgIpc) is 2.54. The van der Waals surface area contributed by atoms with Crippen LogP contribution in [0.4, 0.5) is 0 Å². The van der Waals surface area contributed by atoms with Crippen LogP contribution in [0.15, 0.2) is 30.3 Å². The van der Waals surface area contributed by atoms with E-state index < -0.39 is 11.6 Å². The van der Waals surface area contributed by atoms with E-state index in [1.165, 1.54) is 0 Å². The monoisotopic (exact) mass is 307 g/mol. The van der Waals surface area contributed by atoms with E-state index in [0.717, 1.165) is 26.1 Å². The summed E-state index contributed by atoms with van der Waals surface area (Å²) in [5.41, 5.74) is -1.00. The maximum atomic E-state index is 12.4. The van der Waals surface area contributed by atoms with Gasteiger partial charge in [0, 0.05) is 6.54 Å². The van der Waals surface area contributed by atoms with Crippen molar-refractivity contribution in [3.63, 3.8) is 0 Å². The molecule has 1 aromatic rings. The quantitative estimate of drug-likeness (QED) is 0.563. The van der Waals surface area contributed by atoms with Crippen LogP contribution in [0.25, 0.3) is 0 Å². The molecule has 22 heavy (non-hydrogen) atoms. The van der Waals surface area contributed by atoms with Crippen LogP contribution in [0.3, 0.4) is 0 Å². The van der Waals surface area contributed by atoms with E-state index in [4.69, 9.17) is 4.74 Å². The van der Waals surface area contributed by atoms with Gasteiger partial charge in [-0.2, -0.15) is 0 Å². The summed E-state index contributed by atoms with van der Waals surface area (Å²) in [6, 6.07) is 9.01. The van der Waals surface area contributed by atoms with Gasteiger partial charge in [-0.1, -0.05) is 58.0 Å². The Kier molecular flexibility index (Phi) is 7.56. The Balaban J connectivity index is 2.64. The van der Waals surface area contributed by atoms with Gasteiger partial charge in [0.2, 0.25) is 0 Å². The molecule has 0 aromatic heterocycles. The molecule has 0 bridgehead atoms. The van der Waals surface area contributed by atoms with Crippen molar-refractivity contribution in [2.75, 3.05) is 26.2 Å². The van der Waals surface area contributed by atoms with Crippen molar-refractivity contribution >= 4 is 5.97 Å². The van der Waals surface area contributed by atoms with Gasteiger partial charge in [0.1, 0.15) is 0 Å². The Bertz CT molecular complexity index is 443. The summed E-state index contributed by atoms with van der Waals surface area (Å²) in [6.45, 7) is 11.1. The van der Waals surface area contributed by atoms with Crippen LogP contribution in [0.2, 0.25) is 0 Å². The molecule has 0 aliphatic heterocycles. The van der Waals surface area contributed by atoms with Crippen LogP contribution < -0.4 is 0 Å². The SMILES string of the molecule is CCN(CC)CCCOC(=O)C(O)(c1ccccc1)C(C)C. The lowest BCUT2D eigenvalue weighted by Crippen LogP contribution is -2.42. The second-order valence-electron chi connectivity index (χ2n) is 5.80. The number of benzene rings is 1. The molecule has 0 saturated heterocycles. The first-order valence-corrected chi connectivity index (χ1v) is 8.14. The van der Waals surface area contributed by atoms with Crippen LogP contribution in [-0.2, 0) is 15.1 Å². The highest BCUT2D eigenvalue weighted by molar-refractivity contribution is 5.81. The number of nitrogens with zero attached hydrogens (tertiary/aromatic N) is 1. The third-order valence-electron chi connectivity index (χ3n) is 4.11. The van der Waals surface area contributed by atoms with Gasteiger partial charge in [0.15, 0.2) is 5.60 Å². The third kappa shape index (κ3) is 4.55. The molecule has 1 aromatic carbocycles. The molecule has 0 heterocycles. The lowest BCUT2D eigenvalue weighted by atomic mass is 9.83. The summed E-state index contributed by atoms with van der Waals surface area (Å²) >= 11 is 0. The first-order chi connectivity index (χ1) is 10.5. The number of hydrogen-bond donors (Lipinski definition) is 1. The zero-order chi connectivity index (χ0) is 16.6. The molecule has 0 aliphatic rings. The van der Waals surface area contributed by atoms with Gasteiger partial charge in [-0.05, 0) is 31.0 Å². The van der Waals surface area contributed by atoms with Crippen molar-refractivity contribution in [3.8, 4) is 0 Å². The van der Waals surface area contributed by atoms with E-state index in [1.807, 2.05) is 32.0 Å². The van der Waals surface area contributed by atoms with Crippen LogP contribution in [0, 0.1) is 5.92 Å². The molecule has 124 valence electrons. The zero-order valence-corrected chi connectivity index (χ0v) is 14.2. The summed E-state index contributed by atoms with van der Waals surface area (Å²) in [5, 5.41) is 10.8. The number of aliphatic hydroxyl groups is 1. The van der Waals surface area contributed by atoms with Crippen molar-refractivity contribution in [1.82, 2.24) is 4.90 Å². The Hall–Kier alpha value is -1.39. The summed E-state index contributed by atoms with van der Waals surface area (Å²) in [6.07, 6.45) is 0.774. The number of hydrogen-bond acceptors (Lipinski definition) is 4. The predicted molar refractivity (Wildman–Crippen MR) is 88.5 cm³/mol. The number of esters is 1. The van der Waals surface area contributed by atoms with E-state index in [1.54, 1.807) is 12.1 Å². The second kappa shape index (κ2) is 8.91. The molecule has 1 atom stereocenters. The fraction of sp³-hybridized carbons (Fsp3) is 0.611. The summed E-state index contributed by atoms with van der Waals surface area (Å²) < 4.78 is 5.35. The molecule has 0 fully saturated rings. The molecule has 4 heteroatoms. The average molecular weight is 307 g/mol. The Labute approximate surface area is 134 Å². The lowest BCUT2D eigenvalue weighted by molar-refractivity contribution is -0.172. The summed E-state index contributed by atoms with van der Waals surface area (Å²) in [4.78, 5) is 14.7. The second-order valence-corrected chi connectivity index (χ2v) is 5.80. The lowest BCUT2D eigenvalue weighted by Gasteiger charge is -2.30. The highest BCUT2D eigenvalue weighted by Crippen LogP contribution is 2.30. The highest BCUT2D eigenvalue weighted by atomic mass is 16.5. The fourth-order valence-corrected chi connectivity index (χ4v) is 2.48. The van der Waals surface area contributed by atoms with Crippen molar-refractivity contribution < 1.29 is 14.6 Å². The minimum atomic E-state index is -1.59. The molecular weight excluding hydrogens is 278 g/mol. The van der Waals surface area contributed by atoms with Crippen molar-refractivity contribution in [1.29, 1.82) is 0 Å². The van der Waals surface area contributed by atoms with Crippen LogP contribution in [-0.4, -0.2) is 42.2 Å². The van der Waals surface area contributed by atoms with Crippen LogP contribution in [0.1, 0.15) is 39.7 Å². The molecule has 0 aliphatic carbocycles. The summed E-state index contributed by atoms with van der Waals surface area (Å²) in [5.74, 6) is -0.821. The largest absolute Gasteiger partial charge is 0.463 e. The molecule has 0 saturated carbocycles. The predicted octanol–water partition coefficient (Wildman–Crippen LogP) is 2.81. The molecule has 0 amide bonds. The van der Waals surface area contributed by atoms with E-state index >= 15 is 0 Å². The number of carbonyl (C=O) groups excluding carboxylic acids is 1. The van der Waals surface area contributed by atoms with Gasteiger partial charge < -0.3 is 14.7 Å². The molecule has 1 N–H and O–H groups in total. The fourth-order valence-electron chi connectivity index (χ4n) is 2.48. The van der Waals surface area contributed by atoms with Crippen molar-refractivity contribution in [2.24, 2.45) is 5.92 Å². The zero-order valence-electron chi connectivity index (χ0n) is 14.2. The van der Waals surface area contributed by atoms with E-state index in [2.05, 4.69) is 18.7 Å². The van der Waals surface area contributed by atoms with E-state index in [-0.39, 0.29) is 5.92 Å². The molecule has 0 radical (unpaired) electrons. The molecule has 0 spiro atoms. The minimum Gasteiger partial charge on any atom is -0.463 e. The van der Waals surface area contributed by atoms with Gasteiger partial charge in [-0.15, -0.1) is 0 Å². The first-order valence-electron chi connectivity index (χ1n) is 8.14. The van der Waals surface area contributed by atoms with E-state index in [0.29, 0.717) is 12.2 Å². The molecular formula is C18H29NO3. The smallest absolute Gasteiger partial charge is 0.343 e. The third-order valence-corrected chi connectivity index (χ3v) is 4.11. The normalized spacial score (nSPS) is 14.1. The first kappa shape index (κ1) is 18.7. The maximum Gasteiger partial charge on any atom is 0.343 e. The standard InChI is InChI=1S/C18H29NO3/c1-5-19(6-2)13-10-14-22-17(20)18(21,15(3)4)16-11-8-7-9-12-16/h7-9,11-12,15,21H,5-6,10,13-14H2,1-4H3. The number of rotatable bonds is 9. The van der Waals surface area contributed by atoms with Gasteiger partial charge >= 0.3 is 5.97 Å². The molecule has 4 nitrogen and oxygen atoms in total. The van der Waals surface area contributed by atoms with Crippen molar-refractivity contribution in [3.05, 3.63) is 35.9 Å². The van der Waals surface area contributed by atoms with Gasteiger partial charge in [-0.25, -0.2) is 4.79 Å². The Morgan fingerprint density at radius 2 is 1.82 bits per heavy atom. The van der Waals surface area contributed by atoms with Gasteiger partial charge in [0.25, 0.3) is 0 Å². The highest BCUT2D eigenvalue weighted by Gasteiger charge is 2.42. The molecule has 1 unspecified atom stereocenters.